The van der Waals surface area contributed by atoms with Gasteiger partial charge in [-0.1, -0.05) is 24.3 Å². The van der Waals surface area contributed by atoms with E-state index in [0.717, 1.165) is 23.2 Å². The number of hydrogen-bond donors (Lipinski definition) is 0. The van der Waals surface area contributed by atoms with Crippen LogP contribution in [0.5, 0.6) is 5.75 Å². The zero-order valence-corrected chi connectivity index (χ0v) is 13.6. The Kier molecular flexibility index (Phi) is 4.20. The maximum absolute atomic E-state index is 12.7. The molecule has 0 fully saturated rings. The topological polar surface area (TPSA) is 72.7 Å². The quantitative estimate of drug-likeness (QED) is 0.638. The molecule has 124 valence electrons. The van der Waals surface area contributed by atoms with E-state index in [2.05, 4.69) is 0 Å². The van der Waals surface area contributed by atoms with Crippen molar-refractivity contribution in [3.05, 3.63) is 63.7 Å². The molecule has 1 aliphatic rings. The van der Waals surface area contributed by atoms with Crippen molar-refractivity contribution in [3.63, 3.8) is 0 Å². The summed E-state index contributed by atoms with van der Waals surface area (Å²) in [6.45, 7) is 3.99. The van der Waals surface area contributed by atoms with Crippen LogP contribution in [0.15, 0.2) is 42.5 Å². The Morgan fingerprint density at radius 2 is 2.04 bits per heavy atom. The molecule has 0 aromatic heterocycles. The third-order valence-electron chi connectivity index (χ3n) is 4.12. The summed E-state index contributed by atoms with van der Waals surface area (Å²) in [6.07, 6.45) is -0.00294. The van der Waals surface area contributed by atoms with Crippen LogP contribution in [0.4, 0.5) is 11.4 Å². The summed E-state index contributed by atoms with van der Waals surface area (Å²) in [7, 11) is 0. The predicted octanol–water partition coefficient (Wildman–Crippen LogP) is 3.26. The average molecular weight is 326 g/mol. The molecule has 1 amide bonds. The summed E-state index contributed by atoms with van der Waals surface area (Å²) in [5, 5.41) is 11.2. The Morgan fingerprint density at radius 1 is 1.29 bits per heavy atom. The van der Waals surface area contributed by atoms with E-state index >= 15 is 0 Å². The maximum Gasteiger partial charge on any atom is 0.311 e. The second-order valence-corrected chi connectivity index (χ2v) is 5.86. The van der Waals surface area contributed by atoms with Gasteiger partial charge >= 0.3 is 5.69 Å². The Bertz CT molecular complexity index is 803. The molecule has 6 nitrogen and oxygen atoms in total. The van der Waals surface area contributed by atoms with Crippen LogP contribution in [0.1, 0.15) is 18.1 Å². The predicted molar refractivity (Wildman–Crippen MR) is 90.4 cm³/mol. The molecular weight excluding hydrogens is 308 g/mol. The van der Waals surface area contributed by atoms with E-state index in [1.54, 1.807) is 24.8 Å². The number of ether oxygens (including phenoxy) is 1. The van der Waals surface area contributed by atoms with Crippen molar-refractivity contribution in [1.82, 2.24) is 0 Å². The van der Waals surface area contributed by atoms with Gasteiger partial charge in [-0.05, 0) is 43.5 Å². The molecule has 1 heterocycles. The number of rotatable bonds is 4. The number of benzene rings is 2. The number of amides is 1. The van der Waals surface area contributed by atoms with E-state index in [1.165, 1.54) is 12.1 Å². The van der Waals surface area contributed by atoms with Gasteiger partial charge in [0, 0.05) is 18.3 Å². The molecule has 2 aromatic rings. The first kappa shape index (κ1) is 16.0. The van der Waals surface area contributed by atoms with Gasteiger partial charge in [-0.2, -0.15) is 0 Å². The number of nitro groups is 1. The summed E-state index contributed by atoms with van der Waals surface area (Å²) in [5.41, 5.74) is 2.65. The van der Waals surface area contributed by atoms with Crippen LogP contribution in [-0.4, -0.2) is 23.5 Å². The smallest absolute Gasteiger partial charge is 0.311 e. The lowest BCUT2D eigenvalue weighted by Gasteiger charge is -2.22. The van der Waals surface area contributed by atoms with Gasteiger partial charge in [0.25, 0.3) is 5.91 Å². The van der Waals surface area contributed by atoms with Crippen molar-refractivity contribution in [2.45, 2.75) is 26.4 Å². The number of fused-ring (bicyclic) bond motifs is 1. The molecule has 0 N–H and O–H groups in total. The first-order valence-corrected chi connectivity index (χ1v) is 7.78. The second kappa shape index (κ2) is 6.31. The molecule has 3 rings (SSSR count). The van der Waals surface area contributed by atoms with Crippen LogP contribution in [0.2, 0.25) is 0 Å². The molecule has 0 radical (unpaired) electrons. The van der Waals surface area contributed by atoms with E-state index in [9.17, 15) is 14.9 Å². The van der Waals surface area contributed by atoms with E-state index in [-0.39, 0.29) is 17.3 Å². The van der Waals surface area contributed by atoms with Crippen molar-refractivity contribution in [1.29, 1.82) is 0 Å². The number of nitro benzene ring substituents is 1. The van der Waals surface area contributed by atoms with Gasteiger partial charge in [0.2, 0.25) is 0 Å². The molecule has 0 bridgehead atoms. The molecule has 0 unspecified atom stereocenters. The average Bonchev–Trinajstić information content (AvgIpc) is 2.99. The van der Waals surface area contributed by atoms with Gasteiger partial charge in [-0.25, -0.2) is 0 Å². The Labute approximate surface area is 139 Å². The third kappa shape index (κ3) is 2.95. The van der Waals surface area contributed by atoms with Gasteiger partial charge in [-0.15, -0.1) is 0 Å². The standard InChI is InChI=1S/C18H18N2O4/c1-12-7-8-17(16(11-12)20(22)23)24-13(2)18(21)19-10-9-14-5-3-4-6-15(14)19/h3-8,11,13H,9-10H2,1-2H3/t13-/m1/s1. The minimum absolute atomic E-state index is 0.110. The fourth-order valence-electron chi connectivity index (χ4n) is 2.90. The van der Waals surface area contributed by atoms with Gasteiger partial charge in [0.05, 0.1) is 4.92 Å². The zero-order valence-electron chi connectivity index (χ0n) is 13.6. The largest absolute Gasteiger partial charge is 0.474 e. The molecule has 0 saturated carbocycles. The summed E-state index contributed by atoms with van der Waals surface area (Å²) in [6, 6.07) is 12.4. The van der Waals surface area contributed by atoms with Crippen molar-refractivity contribution in [2.75, 3.05) is 11.4 Å². The monoisotopic (exact) mass is 326 g/mol. The van der Waals surface area contributed by atoms with Crippen molar-refractivity contribution < 1.29 is 14.5 Å². The van der Waals surface area contributed by atoms with Gasteiger partial charge in [-0.3, -0.25) is 14.9 Å². The third-order valence-corrected chi connectivity index (χ3v) is 4.12. The molecule has 6 heteroatoms. The second-order valence-electron chi connectivity index (χ2n) is 5.86. The number of anilines is 1. The lowest BCUT2D eigenvalue weighted by Crippen LogP contribution is -2.39. The van der Waals surface area contributed by atoms with E-state index in [4.69, 9.17) is 4.74 Å². The number of hydrogen-bond acceptors (Lipinski definition) is 4. The number of carbonyl (C=O) groups is 1. The zero-order chi connectivity index (χ0) is 17.3. The summed E-state index contributed by atoms with van der Waals surface area (Å²) in [4.78, 5) is 25.1. The molecule has 2 aromatic carbocycles. The van der Waals surface area contributed by atoms with E-state index in [0.29, 0.717) is 6.54 Å². The molecule has 0 spiro atoms. The van der Waals surface area contributed by atoms with E-state index in [1.807, 2.05) is 24.3 Å². The minimum Gasteiger partial charge on any atom is -0.474 e. The summed E-state index contributed by atoms with van der Waals surface area (Å²) >= 11 is 0. The number of para-hydroxylation sites is 1. The molecule has 1 aliphatic heterocycles. The highest BCUT2D eigenvalue weighted by Gasteiger charge is 2.30. The normalized spacial score (nSPS) is 14.2. The summed E-state index contributed by atoms with van der Waals surface area (Å²) in [5.74, 6) is -0.0891. The van der Waals surface area contributed by atoms with Crippen LogP contribution in [0.3, 0.4) is 0 Å². The first-order valence-electron chi connectivity index (χ1n) is 7.78. The van der Waals surface area contributed by atoms with Crippen molar-refractivity contribution >= 4 is 17.3 Å². The molecular formula is C18H18N2O4. The number of aryl methyl sites for hydroxylation is 1. The fraction of sp³-hybridized carbons (Fsp3) is 0.278. The van der Waals surface area contributed by atoms with Crippen molar-refractivity contribution in [3.8, 4) is 5.75 Å². The Balaban J connectivity index is 1.80. The Hall–Kier alpha value is -2.89. The minimum atomic E-state index is -0.808. The highest BCUT2D eigenvalue weighted by molar-refractivity contribution is 5.98. The van der Waals surface area contributed by atoms with Crippen LogP contribution in [0.25, 0.3) is 0 Å². The van der Waals surface area contributed by atoms with Gasteiger partial charge < -0.3 is 9.64 Å². The highest BCUT2D eigenvalue weighted by Crippen LogP contribution is 2.31. The van der Waals surface area contributed by atoms with Gasteiger partial charge in [0.1, 0.15) is 0 Å². The lowest BCUT2D eigenvalue weighted by molar-refractivity contribution is -0.386. The van der Waals surface area contributed by atoms with Crippen LogP contribution in [0, 0.1) is 17.0 Å². The van der Waals surface area contributed by atoms with Crippen LogP contribution < -0.4 is 9.64 Å². The number of nitrogens with zero attached hydrogens (tertiary/aromatic N) is 2. The molecule has 1 atom stereocenters. The SMILES string of the molecule is Cc1ccc(O[C@H](C)C(=O)N2CCc3ccccc32)c([N+](=O)[O-])c1. The summed E-state index contributed by atoms with van der Waals surface area (Å²) < 4.78 is 5.62. The molecule has 24 heavy (non-hydrogen) atoms. The van der Waals surface area contributed by atoms with Crippen LogP contribution in [-0.2, 0) is 11.2 Å². The van der Waals surface area contributed by atoms with E-state index < -0.39 is 11.0 Å². The lowest BCUT2D eigenvalue weighted by atomic mass is 10.2. The van der Waals surface area contributed by atoms with Crippen molar-refractivity contribution in [2.24, 2.45) is 0 Å². The van der Waals surface area contributed by atoms with Gasteiger partial charge in [0.15, 0.2) is 11.9 Å². The number of carbonyl (C=O) groups excluding carboxylic acids is 1. The maximum atomic E-state index is 12.7. The molecule has 0 aliphatic carbocycles. The van der Waals surface area contributed by atoms with Crippen LogP contribution >= 0.6 is 0 Å². The Morgan fingerprint density at radius 3 is 2.79 bits per heavy atom. The first-order chi connectivity index (χ1) is 11.5. The highest BCUT2D eigenvalue weighted by atomic mass is 16.6. The fourth-order valence-corrected chi connectivity index (χ4v) is 2.90. The molecule has 0 saturated heterocycles.